The Labute approximate surface area is 183 Å². The van der Waals surface area contributed by atoms with Crippen LogP contribution < -0.4 is 5.32 Å². The van der Waals surface area contributed by atoms with Crippen LogP contribution in [0.3, 0.4) is 0 Å². The average molecular weight is 431 g/mol. The Balaban J connectivity index is 1.36. The minimum absolute atomic E-state index is 0.0160. The summed E-state index contributed by atoms with van der Waals surface area (Å²) in [6, 6.07) is 11.5. The van der Waals surface area contributed by atoms with E-state index in [0.29, 0.717) is 18.9 Å². The van der Waals surface area contributed by atoms with Gasteiger partial charge in [0.15, 0.2) is 11.5 Å². The van der Waals surface area contributed by atoms with Gasteiger partial charge in [-0.2, -0.15) is 0 Å². The predicted molar refractivity (Wildman–Crippen MR) is 119 cm³/mol. The second-order valence-corrected chi connectivity index (χ2v) is 8.92. The van der Waals surface area contributed by atoms with Crippen molar-refractivity contribution in [2.45, 2.75) is 37.9 Å². The van der Waals surface area contributed by atoms with Crippen LogP contribution in [-0.4, -0.2) is 54.4 Å². The fourth-order valence-electron chi connectivity index (χ4n) is 4.80. The van der Waals surface area contributed by atoms with Crippen molar-refractivity contribution in [2.75, 3.05) is 33.2 Å². The molecule has 5 nitrogen and oxygen atoms in total. The lowest BCUT2D eigenvalue weighted by molar-refractivity contribution is -0.0670. The first-order valence-electron chi connectivity index (χ1n) is 10.9. The quantitative estimate of drug-likeness (QED) is 0.606. The summed E-state index contributed by atoms with van der Waals surface area (Å²) in [7, 11) is 1.91. The summed E-state index contributed by atoms with van der Waals surface area (Å²) in [4.78, 5) is 2.52. The molecule has 2 aliphatic rings. The van der Waals surface area contributed by atoms with E-state index in [1.54, 1.807) is 6.07 Å². The van der Waals surface area contributed by atoms with Crippen LogP contribution in [0.5, 0.6) is 11.5 Å². The largest absolute Gasteiger partial charge is 0.504 e. The van der Waals surface area contributed by atoms with Crippen molar-refractivity contribution in [1.82, 2.24) is 10.2 Å². The van der Waals surface area contributed by atoms with Crippen LogP contribution >= 0.6 is 11.6 Å². The van der Waals surface area contributed by atoms with Gasteiger partial charge >= 0.3 is 0 Å². The van der Waals surface area contributed by atoms with E-state index in [0.717, 1.165) is 55.0 Å². The molecule has 2 aliphatic heterocycles. The van der Waals surface area contributed by atoms with E-state index in [1.807, 2.05) is 25.2 Å². The number of nitrogens with zero attached hydrogens (tertiary/aromatic N) is 1. The van der Waals surface area contributed by atoms with Crippen molar-refractivity contribution < 1.29 is 14.9 Å². The third kappa shape index (κ3) is 4.75. The summed E-state index contributed by atoms with van der Waals surface area (Å²) in [5.41, 5.74) is 3.15. The number of phenols is 2. The lowest BCUT2D eigenvalue weighted by Crippen LogP contribution is -2.42. The van der Waals surface area contributed by atoms with Crippen LogP contribution in [0.4, 0.5) is 0 Å². The summed E-state index contributed by atoms with van der Waals surface area (Å²) in [5, 5.41) is 24.4. The Kier molecular flexibility index (Phi) is 6.84. The van der Waals surface area contributed by atoms with Crippen LogP contribution in [0.25, 0.3) is 0 Å². The summed E-state index contributed by atoms with van der Waals surface area (Å²) >= 11 is 5.97. The molecule has 0 bridgehead atoms. The molecule has 0 unspecified atom stereocenters. The number of rotatable bonds is 6. The Morgan fingerprint density at radius 2 is 1.83 bits per heavy atom. The van der Waals surface area contributed by atoms with Gasteiger partial charge < -0.3 is 25.2 Å². The van der Waals surface area contributed by atoms with Crippen molar-refractivity contribution in [2.24, 2.45) is 5.92 Å². The monoisotopic (exact) mass is 430 g/mol. The first kappa shape index (κ1) is 21.4. The normalized spacial score (nSPS) is 22.7. The molecule has 0 aromatic heterocycles. The molecule has 4 rings (SSSR count). The minimum atomic E-state index is -0.0989. The van der Waals surface area contributed by atoms with Crippen molar-refractivity contribution in [3.63, 3.8) is 0 Å². The Morgan fingerprint density at radius 1 is 1.10 bits per heavy atom. The summed E-state index contributed by atoms with van der Waals surface area (Å²) < 4.78 is 6.48. The third-order valence-corrected chi connectivity index (χ3v) is 6.82. The molecule has 162 valence electrons. The molecule has 2 atom stereocenters. The van der Waals surface area contributed by atoms with Crippen molar-refractivity contribution in [1.29, 1.82) is 0 Å². The molecule has 2 aromatic rings. The highest BCUT2D eigenvalue weighted by Gasteiger charge is 2.35. The standard InChI is InChI=1S/C24H31ClN2O3/c1-26-15-23-19-6-7-21(28)24(29)20(19)14-22(30-23)17-9-12-27(13-10-17)11-8-16-2-4-18(25)5-3-16/h2-7,17,22-23,26,28-29H,8-15H2,1H3/t22-,23-/m1/s1. The molecule has 30 heavy (non-hydrogen) atoms. The number of phenolic OH excluding ortho intramolecular Hbond substituents is 2. The van der Waals surface area contributed by atoms with Gasteiger partial charge in [-0.15, -0.1) is 0 Å². The molecular weight excluding hydrogens is 400 g/mol. The summed E-state index contributed by atoms with van der Waals surface area (Å²) in [5.74, 6) is 0.433. The smallest absolute Gasteiger partial charge is 0.161 e. The lowest BCUT2D eigenvalue weighted by Gasteiger charge is -2.40. The molecule has 1 saturated heterocycles. The van der Waals surface area contributed by atoms with Gasteiger partial charge in [0.25, 0.3) is 0 Å². The maximum absolute atomic E-state index is 10.4. The number of likely N-dealkylation sites (tertiary alicyclic amines) is 1. The van der Waals surface area contributed by atoms with E-state index >= 15 is 0 Å². The highest BCUT2D eigenvalue weighted by atomic mass is 35.5. The Morgan fingerprint density at radius 3 is 2.53 bits per heavy atom. The highest BCUT2D eigenvalue weighted by molar-refractivity contribution is 6.30. The zero-order chi connectivity index (χ0) is 21.1. The number of ether oxygens (including phenoxy) is 1. The number of benzene rings is 2. The van der Waals surface area contributed by atoms with Crippen LogP contribution in [-0.2, 0) is 17.6 Å². The highest BCUT2D eigenvalue weighted by Crippen LogP contribution is 2.42. The maximum atomic E-state index is 10.4. The second-order valence-electron chi connectivity index (χ2n) is 8.48. The van der Waals surface area contributed by atoms with Gasteiger partial charge in [0.05, 0.1) is 12.2 Å². The molecular formula is C24H31ClN2O3. The fourth-order valence-corrected chi connectivity index (χ4v) is 4.92. The molecule has 0 radical (unpaired) electrons. The SMILES string of the molecule is CNC[C@H]1O[C@@H](C2CCN(CCc3ccc(Cl)cc3)CC2)Cc2c1ccc(O)c2O. The van der Waals surface area contributed by atoms with Crippen LogP contribution in [0.2, 0.25) is 5.02 Å². The zero-order valence-electron chi connectivity index (χ0n) is 17.5. The van der Waals surface area contributed by atoms with E-state index in [1.165, 1.54) is 5.56 Å². The van der Waals surface area contributed by atoms with Crippen LogP contribution in [0, 0.1) is 5.92 Å². The minimum Gasteiger partial charge on any atom is -0.504 e. The number of aromatic hydroxyl groups is 2. The van der Waals surface area contributed by atoms with Gasteiger partial charge in [-0.05, 0) is 74.6 Å². The van der Waals surface area contributed by atoms with Crippen LogP contribution in [0.15, 0.2) is 36.4 Å². The van der Waals surface area contributed by atoms with Gasteiger partial charge in [0, 0.05) is 30.1 Å². The molecule has 0 amide bonds. The van der Waals surface area contributed by atoms with Gasteiger partial charge in [-0.25, -0.2) is 0 Å². The summed E-state index contributed by atoms with van der Waals surface area (Å²) in [6.07, 6.45) is 3.84. The predicted octanol–water partition coefficient (Wildman–Crippen LogP) is 3.91. The molecule has 1 fully saturated rings. The maximum Gasteiger partial charge on any atom is 0.161 e. The van der Waals surface area contributed by atoms with Crippen LogP contribution in [0.1, 0.15) is 35.6 Å². The van der Waals surface area contributed by atoms with Gasteiger partial charge in [-0.1, -0.05) is 29.8 Å². The fraction of sp³-hybridized carbons (Fsp3) is 0.500. The number of nitrogens with one attached hydrogen (secondary N) is 1. The molecule has 2 aromatic carbocycles. The van der Waals surface area contributed by atoms with E-state index in [4.69, 9.17) is 16.3 Å². The van der Waals surface area contributed by atoms with Gasteiger partial charge in [0.1, 0.15) is 0 Å². The van der Waals surface area contributed by atoms with Gasteiger partial charge in [0.2, 0.25) is 0 Å². The first-order valence-corrected chi connectivity index (χ1v) is 11.2. The average Bonchev–Trinajstić information content (AvgIpc) is 2.76. The topological polar surface area (TPSA) is 65.0 Å². The number of fused-ring (bicyclic) bond motifs is 1. The first-order chi connectivity index (χ1) is 14.5. The Bertz CT molecular complexity index is 850. The molecule has 3 N–H and O–H groups in total. The number of halogens is 1. The number of likely N-dealkylation sites (N-methyl/N-ethyl adjacent to an activating group) is 1. The van der Waals surface area contributed by atoms with Gasteiger partial charge in [-0.3, -0.25) is 0 Å². The van der Waals surface area contributed by atoms with E-state index in [9.17, 15) is 10.2 Å². The van der Waals surface area contributed by atoms with E-state index in [-0.39, 0.29) is 23.7 Å². The lowest BCUT2D eigenvalue weighted by atomic mass is 9.83. The van der Waals surface area contributed by atoms with E-state index in [2.05, 4.69) is 22.3 Å². The Hall–Kier alpha value is -1.79. The number of hydrogen-bond donors (Lipinski definition) is 3. The molecule has 2 heterocycles. The van der Waals surface area contributed by atoms with Crippen molar-refractivity contribution >= 4 is 11.6 Å². The molecule has 6 heteroatoms. The summed E-state index contributed by atoms with van der Waals surface area (Å²) in [6.45, 7) is 3.87. The second kappa shape index (κ2) is 9.56. The number of piperidine rings is 1. The number of hydrogen-bond acceptors (Lipinski definition) is 5. The molecule has 0 aliphatic carbocycles. The molecule has 0 spiro atoms. The van der Waals surface area contributed by atoms with E-state index < -0.39 is 0 Å². The van der Waals surface area contributed by atoms with Crippen molar-refractivity contribution in [3.8, 4) is 11.5 Å². The zero-order valence-corrected chi connectivity index (χ0v) is 18.2. The molecule has 0 saturated carbocycles. The van der Waals surface area contributed by atoms with Crippen molar-refractivity contribution in [3.05, 3.63) is 58.1 Å². The third-order valence-electron chi connectivity index (χ3n) is 6.57.